The molecule has 138 valence electrons. The molecule has 1 atom stereocenters. The van der Waals surface area contributed by atoms with Crippen LogP contribution in [0, 0.1) is 0 Å². The Kier molecular flexibility index (Phi) is 5.00. The summed E-state index contributed by atoms with van der Waals surface area (Å²) in [4.78, 5) is 4.33. The standard InChI is InChI=1S/C21H19ClN2O2S/c22-18-5-7-19(8-6-18)27(25,26)24-14-11-17-3-1-2-4-20(17)21(24)15-16-9-12-23-13-10-16/h1-10,12-13,21H,11,14-15H2. The van der Waals surface area contributed by atoms with E-state index in [4.69, 9.17) is 11.6 Å². The summed E-state index contributed by atoms with van der Waals surface area (Å²) in [5.41, 5.74) is 3.33. The maximum atomic E-state index is 13.4. The molecule has 6 heteroatoms. The van der Waals surface area contributed by atoms with Crippen molar-refractivity contribution in [3.63, 3.8) is 0 Å². The van der Waals surface area contributed by atoms with Crippen molar-refractivity contribution in [1.82, 2.24) is 9.29 Å². The van der Waals surface area contributed by atoms with E-state index < -0.39 is 10.0 Å². The summed E-state index contributed by atoms with van der Waals surface area (Å²) in [5.74, 6) is 0. The minimum absolute atomic E-state index is 0.252. The van der Waals surface area contributed by atoms with E-state index in [-0.39, 0.29) is 10.9 Å². The van der Waals surface area contributed by atoms with E-state index in [1.165, 1.54) is 5.56 Å². The van der Waals surface area contributed by atoms with Crippen LogP contribution in [0.2, 0.25) is 5.02 Å². The fraction of sp³-hybridized carbons (Fsp3) is 0.190. The molecular weight excluding hydrogens is 380 g/mol. The van der Waals surface area contributed by atoms with E-state index in [1.807, 2.05) is 30.3 Å². The maximum Gasteiger partial charge on any atom is 0.243 e. The Morgan fingerprint density at radius 3 is 2.44 bits per heavy atom. The number of fused-ring (bicyclic) bond motifs is 1. The van der Waals surface area contributed by atoms with Gasteiger partial charge < -0.3 is 0 Å². The molecule has 0 radical (unpaired) electrons. The van der Waals surface area contributed by atoms with Crippen LogP contribution >= 0.6 is 11.6 Å². The highest BCUT2D eigenvalue weighted by molar-refractivity contribution is 7.89. The molecule has 1 aliphatic heterocycles. The monoisotopic (exact) mass is 398 g/mol. The third-order valence-corrected chi connectivity index (χ3v) is 7.14. The molecule has 0 aliphatic carbocycles. The van der Waals surface area contributed by atoms with Gasteiger partial charge in [-0.2, -0.15) is 4.31 Å². The summed E-state index contributed by atoms with van der Waals surface area (Å²) < 4.78 is 28.4. The third-order valence-electron chi connectivity index (χ3n) is 4.96. The van der Waals surface area contributed by atoms with E-state index in [0.717, 1.165) is 11.1 Å². The van der Waals surface area contributed by atoms with Gasteiger partial charge in [0.1, 0.15) is 0 Å². The second-order valence-electron chi connectivity index (χ2n) is 6.59. The van der Waals surface area contributed by atoms with Gasteiger partial charge in [0.05, 0.1) is 10.9 Å². The minimum atomic E-state index is -3.63. The summed E-state index contributed by atoms with van der Waals surface area (Å²) in [6.45, 7) is 0.456. The third kappa shape index (κ3) is 3.63. The number of benzene rings is 2. The Morgan fingerprint density at radius 2 is 1.70 bits per heavy atom. The fourth-order valence-corrected chi connectivity index (χ4v) is 5.34. The summed E-state index contributed by atoms with van der Waals surface area (Å²) in [7, 11) is -3.63. The van der Waals surface area contributed by atoms with E-state index in [2.05, 4.69) is 11.1 Å². The van der Waals surface area contributed by atoms with Crippen LogP contribution in [0.3, 0.4) is 0 Å². The summed E-state index contributed by atoms with van der Waals surface area (Å²) in [6, 6.07) is 18.1. The van der Waals surface area contributed by atoms with Crippen LogP contribution in [-0.2, 0) is 22.9 Å². The lowest BCUT2D eigenvalue weighted by molar-refractivity contribution is 0.306. The molecule has 3 aromatic rings. The van der Waals surface area contributed by atoms with Crippen LogP contribution in [0.4, 0.5) is 0 Å². The van der Waals surface area contributed by atoms with Crippen molar-refractivity contribution in [1.29, 1.82) is 0 Å². The van der Waals surface area contributed by atoms with E-state index in [1.54, 1.807) is 41.0 Å². The van der Waals surface area contributed by atoms with Gasteiger partial charge in [-0.05, 0) is 65.9 Å². The van der Waals surface area contributed by atoms with Crippen molar-refractivity contribution in [2.24, 2.45) is 0 Å². The SMILES string of the molecule is O=S(=O)(c1ccc(Cl)cc1)N1CCc2ccccc2C1Cc1ccncc1. The zero-order valence-electron chi connectivity index (χ0n) is 14.6. The summed E-state index contributed by atoms with van der Waals surface area (Å²) >= 11 is 5.94. The Labute approximate surface area is 164 Å². The van der Waals surface area contributed by atoms with E-state index in [9.17, 15) is 8.42 Å². The first-order valence-electron chi connectivity index (χ1n) is 8.80. The average Bonchev–Trinajstić information content (AvgIpc) is 2.69. The first-order chi connectivity index (χ1) is 13.1. The maximum absolute atomic E-state index is 13.4. The predicted octanol–water partition coefficient (Wildman–Crippen LogP) is 4.27. The van der Waals surface area contributed by atoms with Crippen molar-refractivity contribution in [3.05, 3.63) is 94.8 Å². The van der Waals surface area contributed by atoms with Crippen LogP contribution in [0.5, 0.6) is 0 Å². The highest BCUT2D eigenvalue weighted by atomic mass is 35.5. The smallest absolute Gasteiger partial charge is 0.243 e. The molecule has 0 saturated heterocycles. The van der Waals surface area contributed by atoms with Gasteiger partial charge in [0.2, 0.25) is 10.0 Å². The first-order valence-corrected chi connectivity index (χ1v) is 10.6. The van der Waals surface area contributed by atoms with Crippen molar-refractivity contribution in [2.45, 2.75) is 23.8 Å². The van der Waals surface area contributed by atoms with Gasteiger partial charge in [-0.15, -0.1) is 0 Å². The zero-order valence-corrected chi connectivity index (χ0v) is 16.2. The molecule has 0 fully saturated rings. The van der Waals surface area contributed by atoms with Crippen molar-refractivity contribution in [3.8, 4) is 0 Å². The molecule has 0 spiro atoms. The van der Waals surface area contributed by atoms with Gasteiger partial charge in [0.15, 0.2) is 0 Å². The second-order valence-corrected chi connectivity index (χ2v) is 8.92. The molecule has 4 nitrogen and oxygen atoms in total. The van der Waals surface area contributed by atoms with Crippen molar-refractivity contribution < 1.29 is 8.42 Å². The molecule has 2 heterocycles. The number of halogens is 1. The zero-order chi connectivity index (χ0) is 18.9. The molecule has 27 heavy (non-hydrogen) atoms. The molecule has 0 amide bonds. The largest absolute Gasteiger partial charge is 0.265 e. The second kappa shape index (κ2) is 7.43. The Hall–Kier alpha value is -2.21. The molecule has 1 aliphatic rings. The fourth-order valence-electron chi connectivity index (χ4n) is 3.61. The number of sulfonamides is 1. The molecule has 1 aromatic heterocycles. The highest BCUT2D eigenvalue weighted by Crippen LogP contribution is 2.36. The van der Waals surface area contributed by atoms with Crippen LogP contribution in [0.1, 0.15) is 22.7 Å². The van der Waals surface area contributed by atoms with Crippen LogP contribution in [0.15, 0.2) is 78.0 Å². The molecule has 0 bridgehead atoms. The summed E-state index contributed by atoms with van der Waals surface area (Å²) in [6.07, 6.45) is 4.78. The number of hydrogen-bond donors (Lipinski definition) is 0. The van der Waals surface area contributed by atoms with E-state index >= 15 is 0 Å². The number of rotatable bonds is 4. The predicted molar refractivity (Wildman–Crippen MR) is 106 cm³/mol. The number of nitrogens with zero attached hydrogens (tertiary/aromatic N) is 2. The van der Waals surface area contributed by atoms with Crippen molar-refractivity contribution in [2.75, 3.05) is 6.54 Å². The van der Waals surface area contributed by atoms with E-state index in [0.29, 0.717) is 24.4 Å². The Morgan fingerprint density at radius 1 is 1.00 bits per heavy atom. The Balaban J connectivity index is 1.77. The normalized spacial score (nSPS) is 17.4. The number of aromatic nitrogens is 1. The van der Waals surface area contributed by atoms with Gasteiger partial charge in [-0.25, -0.2) is 8.42 Å². The topological polar surface area (TPSA) is 50.3 Å². The summed E-state index contributed by atoms with van der Waals surface area (Å²) in [5, 5.41) is 0.520. The van der Waals surface area contributed by atoms with Crippen LogP contribution in [0.25, 0.3) is 0 Å². The lowest BCUT2D eigenvalue weighted by Crippen LogP contribution is -2.41. The lowest BCUT2D eigenvalue weighted by Gasteiger charge is -2.36. The van der Waals surface area contributed by atoms with Gasteiger partial charge >= 0.3 is 0 Å². The first kappa shape index (κ1) is 18.2. The molecule has 4 rings (SSSR count). The van der Waals surface area contributed by atoms with Crippen LogP contribution in [-0.4, -0.2) is 24.3 Å². The van der Waals surface area contributed by atoms with Gasteiger partial charge in [0, 0.05) is 24.0 Å². The number of pyridine rings is 1. The van der Waals surface area contributed by atoms with Gasteiger partial charge in [-0.3, -0.25) is 4.98 Å². The Bertz CT molecular complexity index is 1040. The molecular formula is C21H19ClN2O2S. The minimum Gasteiger partial charge on any atom is -0.265 e. The quantitative estimate of drug-likeness (QED) is 0.659. The molecule has 0 saturated carbocycles. The average molecular weight is 399 g/mol. The van der Waals surface area contributed by atoms with Gasteiger partial charge in [0.25, 0.3) is 0 Å². The van der Waals surface area contributed by atoms with Crippen molar-refractivity contribution >= 4 is 21.6 Å². The number of hydrogen-bond acceptors (Lipinski definition) is 3. The molecule has 0 N–H and O–H groups in total. The van der Waals surface area contributed by atoms with Crippen LogP contribution < -0.4 is 0 Å². The molecule has 2 aromatic carbocycles. The lowest BCUT2D eigenvalue weighted by atomic mass is 9.90. The highest BCUT2D eigenvalue weighted by Gasteiger charge is 2.36. The molecule has 1 unspecified atom stereocenters. The van der Waals surface area contributed by atoms with Gasteiger partial charge in [-0.1, -0.05) is 35.9 Å².